The van der Waals surface area contributed by atoms with Gasteiger partial charge in [-0.15, -0.1) is 0 Å². The van der Waals surface area contributed by atoms with Crippen LogP contribution in [0.5, 0.6) is 17.2 Å². The molecule has 5 nitrogen and oxygen atoms in total. The van der Waals surface area contributed by atoms with Crippen LogP contribution in [0.1, 0.15) is 30.4 Å². The molecule has 27 heavy (non-hydrogen) atoms. The van der Waals surface area contributed by atoms with Crippen molar-refractivity contribution in [2.24, 2.45) is 0 Å². The minimum absolute atomic E-state index is 0.190. The van der Waals surface area contributed by atoms with Gasteiger partial charge in [0.05, 0.1) is 21.3 Å². The number of methoxy groups -OCH3 is 3. The van der Waals surface area contributed by atoms with Crippen molar-refractivity contribution in [1.29, 1.82) is 0 Å². The van der Waals surface area contributed by atoms with Crippen LogP contribution in [0.25, 0.3) is 0 Å². The monoisotopic (exact) mass is 369 g/mol. The number of ether oxygens (including phenoxy) is 3. The highest BCUT2D eigenvalue weighted by atomic mass is 16.5. The average molecular weight is 369 g/mol. The summed E-state index contributed by atoms with van der Waals surface area (Å²) in [5, 5.41) is 0. The molecule has 0 bridgehead atoms. The number of carbonyl (C=O) groups is 1. The molecule has 1 amide bonds. The van der Waals surface area contributed by atoms with Gasteiger partial charge < -0.3 is 19.1 Å². The molecule has 0 saturated heterocycles. The van der Waals surface area contributed by atoms with Crippen molar-refractivity contribution in [1.82, 2.24) is 4.90 Å². The lowest BCUT2D eigenvalue weighted by molar-refractivity contribution is -0.132. The molecule has 144 valence electrons. The molecule has 0 aliphatic heterocycles. The molecule has 0 N–H and O–H groups in total. The SMILES string of the molecule is COc1cc(CN(C(=O)CCc2ccccc2)C2CC2)cc(OC)c1OC. The number of hydrogen-bond acceptors (Lipinski definition) is 4. The van der Waals surface area contributed by atoms with Crippen LogP contribution in [0, 0.1) is 0 Å². The molecule has 2 aromatic rings. The third-order valence-electron chi connectivity index (χ3n) is 4.86. The van der Waals surface area contributed by atoms with E-state index in [4.69, 9.17) is 14.2 Å². The van der Waals surface area contributed by atoms with Crippen molar-refractivity contribution in [3.05, 3.63) is 53.6 Å². The number of nitrogens with zero attached hydrogens (tertiary/aromatic N) is 1. The van der Waals surface area contributed by atoms with Crippen LogP contribution >= 0.6 is 0 Å². The summed E-state index contributed by atoms with van der Waals surface area (Å²) in [5.41, 5.74) is 2.17. The van der Waals surface area contributed by atoms with Crippen molar-refractivity contribution in [3.8, 4) is 17.2 Å². The van der Waals surface area contributed by atoms with Gasteiger partial charge in [0, 0.05) is 19.0 Å². The number of carbonyl (C=O) groups excluding carboxylic acids is 1. The van der Waals surface area contributed by atoms with Crippen molar-refractivity contribution in [3.63, 3.8) is 0 Å². The minimum Gasteiger partial charge on any atom is -0.493 e. The Bertz CT molecular complexity index is 746. The van der Waals surface area contributed by atoms with E-state index in [1.807, 2.05) is 35.2 Å². The predicted molar refractivity (Wildman–Crippen MR) is 104 cm³/mol. The molecule has 1 fully saturated rings. The van der Waals surface area contributed by atoms with Gasteiger partial charge in [0.2, 0.25) is 11.7 Å². The van der Waals surface area contributed by atoms with E-state index in [9.17, 15) is 4.79 Å². The van der Waals surface area contributed by atoms with Gasteiger partial charge in [0.25, 0.3) is 0 Å². The van der Waals surface area contributed by atoms with Gasteiger partial charge in [-0.25, -0.2) is 0 Å². The molecule has 1 aliphatic carbocycles. The summed E-state index contributed by atoms with van der Waals surface area (Å²) < 4.78 is 16.3. The molecule has 0 spiro atoms. The van der Waals surface area contributed by atoms with Crippen LogP contribution in [0.3, 0.4) is 0 Å². The zero-order valence-corrected chi connectivity index (χ0v) is 16.2. The second-order valence-corrected chi connectivity index (χ2v) is 6.77. The maximum Gasteiger partial charge on any atom is 0.223 e. The molecular weight excluding hydrogens is 342 g/mol. The van der Waals surface area contributed by atoms with Crippen LogP contribution in [-0.4, -0.2) is 38.2 Å². The molecule has 0 unspecified atom stereocenters. The quantitative estimate of drug-likeness (QED) is 0.674. The van der Waals surface area contributed by atoms with E-state index in [1.54, 1.807) is 21.3 Å². The Morgan fingerprint density at radius 1 is 0.963 bits per heavy atom. The molecule has 0 radical (unpaired) electrons. The maximum absolute atomic E-state index is 12.9. The number of amides is 1. The van der Waals surface area contributed by atoms with Crippen molar-refractivity contribution >= 4 is 5.91 Å². The Morgan fingerprint density at radius 2 is 1.59 bits per heavy atom. The summed E-state index contributed by atoms with van der Waals surface area (Å²) in [5.74, 6) is 1.98. The van der Waals surface area contributed by atoms with E-state index in [0.29, 0.717) is 36.3 Å². The van der Waals surface area contributed by atoms with Crippen LogP contribution in [-0.2, 0) is 17.8 Å². The standard InChI is InChI=1S/C22H27NO4/c1-25-19-13-17(14-20(26-2)22(19)27-3)15-23(18-10-11-18)21(24)12-9-16-7-5-4-6-8-16/h4-8,13-14,18H,9-12,15H2,1-3H3. The van der Waals surface area contributed by atoms with Gasteiger partial charge in [-0.05, 0) is 42.5 Å². The predicted octanol–water partition coefficient (Wildman–Crippen LogP) is 3.84. The Labute approximate surface area is 160 Å². The van der Waals surface area contributed by atoms with E-state index in [1.165, 1.54) is 5.56 Å². The molecule has 1 saturated carbocycles. The van der Waals surface area contributed by atoms with Crippen LogP contribution in [0.15, 0.2) is 42.5 Å². The summed E-state index contributed by atoms with van der Waals surface area (Å²) in [6, 6.07) is 14.3. The first-order valence-corrected chi connectivity index (χ1v) is 9.28. The minimum atomic E-state index is 0.190. The topological polar surface area (TPSA) is 48.0 Å². The average Bonchev–Trinajstić information content (AvgIpc) is 3.55. The number of benzene rings is 2. The highest BCUT2D eigenvalue weighted by molar-refractivity contribution is 5.77. The second-order valence-electron chi connectivity index (χ2n) is 6.77. The summed E-state index contributed by atoms with van der Waals surface area (Å²) >= 11 is 0. The Morgan fingerprint density at radius 3 is 2.11 bits per heavy atom. The number of hydrogen-bond donors (Lipinski definition) is 0. The third kappa shape index (κ3) is 4.73. The lowest BCUT2D eigenvalue weighted by Gasteiger charge is -2.24. The van der Waals surface area contributed by atoms with Crippen LogP contribution in [0.2, 0.25) is 0 Å². The summed E-state index contributed by atoms with van der Waals surface area (Å²) in [6.07, 6.45) is 3.42. The highest BCUT2D eigenvalue weighted by Gasteiger charge is 2.32. The van der Waals surface area contributed by atoms with Crippen molar-refractivity contribution in [2.75, 3.05) is 21.3 Å². The van der Waals surface area contributed by atoms with Gasteiger partial charge in [-0.2, -0.15) is 0 Å². The molecule has 0 atom stereocenters. The first-order valence-electron chi connectivity index (χ1n) is 9.28. The normalized spacial score (nSPS) is 13.1. The zero-order valence-electron chi connectivity index (χ0n) is 16.2. The number of aryl methyl sites for hydroxylation is 1. The highest BCUT2D eigenvalue weighted by Crippen LogP contribution is 2.39. The molecule has 5 heteroatoms. The van der Waals surface area contributed by atoms with E-state index in [0.717, 1.165) is 24.8 Å². The Kier molecular flexibility index (Phi) is 6.22. The van der Waals surface area contributed by atoms with Crippen molar-refractivity contribution < 1.29 is 19.0 Å². The van der Waals surface area contributed by atoms with E-state index in [-0.39, 0.29) is 5.91 Å². The summed E-state index contributed by atoms with van der Waals surface area (Å²) in [6.45, 7) is 0.551. The molecule has 0 aromatic heterocycles. The first kappa shape index (κ1) is 19.1. The molecule has 1 aliphatic rings. The Hall–Kier alpha value is -2.69. The lowest BCUT2D eigenvalue weighted by atomic mass is 10.1. The van der Waals surface area contributed by atoms with Gasteiger partial charge in [0.15, 0.2) is 11.5 Å². The van der Waals surface area contributed by atoms with E-state index >= 15 is 0 Å². The van der Waals surface area contributed by atoms with Gasteiger partial charge in [0.1, 0.15) is 0 Å². The van der Waals surface area contributed by atoms with E-state index in [2.05, 4.69) is 12.1 Å². The molecule has 0 heterocycles. The summed E-state index contributed by atoms with van der Waals surface area (Å²) in [7, 11) is 4.79. The summed E-state index contributed by atoms with van der Waals surface area (Å²) in [4.78, 5) is 14.9. The molecule has 2 aromatic carbocycles. The fraction of sp³-hybridized carbons (Fsp3) is 0.409. The number of rotatable bonds is 9. The van der Waals surface area contributed by atoms with Crippen LogP contribution in [0.4, 0.5) is 0 Å². The van der Waals surface area contributed by atoms with Gasteiger partial charge >= 0.3 is 0 Å². The molecule has 3 rings (SSSR count). The first-order chi connectivity index (χ1) is 13.2. The van der Waals surface area contributed by atoms with Crippen molar-refractivity contribution in [2.45, 2.75) is 38.3 Å². The van der Waals surface area contributed by atoms with Gasteiger partial charge in [-0.1, -0.05) is 30.3 Å². The third-order valence-corrected chi connectivity index (χ3v) is 4.86. The van der Waals surface area contributed by atoms with Crippen LogP contribution < -0.4 is 14.2 Å². The molecular formula is C22H27NO4. The van der Waals surface area contributed by atoms with E-state index < -0.39 is 0 Å². The lowest BCUT2D eigenvalue weighted by Crippen LogP contribution is -2.32. The Balaban J connectivity index is 1.73. The largest absolute Gasteiger partial charge is 0.493 e. The maximum atomic E-state index is 12.9. The second kappa shape index (κ2) is 8.80. The zero-order chi connectivity index (χ0) is 19.2. The fourth-order valence-corrected chi connectivity index (χ4v) is 3.27. The van der Waals surface area contributed by atoms with Gasteiger partial charge in [-0.3, -0.25) is 4.79 Å². The fourth-order valence-electron chi connectivity index (χ4n) is 3.27. The smallest absolute Gasteiger partial charge is 0.223 e.